The second-order valence-electron chi connectivity index (χ2n) is 6.36. The molecule has 0 saturated carbocycles. The van der Waals surface area contributed by atoms with Crippen LogP contribution in [0.2, 0.25) is 5.02 Å². The SMILES string of the molecule is C=CCN(c1ccccc1)S(=O)(=O)c1cccc(C(=O)OCc2ccccc2Cl)c1. The Hall–Kier alpha value is -3.09. The molecular formula is C23H20ClNO4S. The van der Waals surface area contributed by atoms with Gasteiger partial charge in [-0.05, 0) is 36.4 Å². The van der Waals surface area contributed by atoms with Gasteiger partial charge in [0.15, 0.2) is 0 Å². The summed E-state index contributed by atoms with van der Waals surface area (Å²) in [6, 6.07) is 21.5. The van der Waals surface area contributed by atoms with Crippen molar-refractivity contribution in [2.75, 3.05) is 10.8 Å². The first-order chi connectivity index (χ1) is 14.4. The van der Waals surface area contributed by atoms with Gasteiger partial charge in [-0.3, -0.25) is 4.31 Å². The van der Waals surface area contributed by atoms with Gasteiger partial charge in [0.25, 0.3) is 10.0 Å². The summed E-state index contributed by atoms with van der Waals surface area (Å²) in [5, 5.41) is 0.490. The van der Waals surface area contributed by atoms with Gasteiger partial charge in [0, 0.05) is 10.6 Å². The molecule has 0 aliphatic heterocycles. The Morgan fingerprint density at radius 2 is 1.70 bits per heavy atom. The van der Waals surface area contributed by atoms with Gasteiger partial charge < -0.3 is 4.74 Å². The van der Waals surface area contributed by atoms with E-state index in [1.54, 1.807) is 54.6 Å². The molecule has 0 bridgehead atoms. The standard InChI is InChI=1S/C23H20ClNO4S/c1-2-15-25(20-11-4-3-5-12-20)30(27,28)21-13-8-10-18(16-21)23(26)29-17-19-9-6-7-14-22(19)24/h2-14,16H,1,15,17H2. The molecule has 3 rings (SSSR count). The Morgan fingerprint density at radius 3 is 2.40 bits per heavy atom. The largest absolute Gasteiger partial charge is 0.457 e. The van der Waals surface area contributed by atoms with E-state index in [4.69, 9.17) is 16.3 Å². The molecule has 0 saturated heterocycles. The molecule has 7 heteroatoms. The fourth-order valence-electron chi connectivity index (χ4n) is 2.81. The number of anilines is 1. The average Bonchev–Trinajstić information content (AvgIpc) is 2.77. The Labute approximate surface area is 181 Å². The van der Waals surface area contributed by atoms with Crippen molar-refractivity contribution in [3.8, 4) is 0 Å². The summed E-state index contributed by atoms with van der Waals surface area (Å²) in [7, 11) is -3.91. The highest BCUT2D eigenvalue weighted by Gasteiger charge is 2.25. The van der Waals surface area contributed by atoms with Crippen molar-refractivity contribution in [1.82, 2.24) is 0 Å². The Balaban J connectivity index is 1.85. The van der Waals surface area contributed by atoms with Gasteiger partial charge >= 0.3 is 5.97 Å². The molecular weight excluding hydrogens is 422 g/mol. The summed E-state index contributed by atoms with van der Waals surface area (Å²) < 4.78 is 33.0. The lowest BCUT2D eigenvalue weighted by molar-refractivity contribution is 0.0472. The first kappa shape index (κ1) is 21.6. The van der Waals surface area contributed by atoms with Gasteiger partial charge in [-0.1, -0.05) is 60.1 Å². The smallest absolute Gasteiger partial charge is 0.338 e. The number of hydrogen-bond donors (Lipinski definition) is 0. The summed E-state index contributed by atoms with van der Waals surface area (Å²) in [5.41, 5.74) is 1.30. The topological polar surface area (TPSA) is 63.7 Å². The Bertz CT molecular complexity index is 1150. The van der Waals surface area contributed by atoms with Crippen LogP contribution in [0.1, 0.15) is 15.9 Å². The molecule has 0 atom stereocenters. The average molecular weight is 442 g/mol. The Kier molecular flexibility index (Phi) is 6.92. The molecule has 0 spiro atoms. The molecule has 0 heterocycles. The number of hydrogen-bond acceptors (Lipinski definition) is 4. The third kappa shape index (κ3) is 4.90. The van der Waals surface area contributed by atoms with E-state index < -0.39 is 16.0 Å². The van der Waals surface area contributed by atoms with E-state index >= 15 is 0 Å². The second kappa shape index (κ2) is 9.61. The molecule has 0 aromatic heterocycles. The summed E-state index contributed by atoms with van der Waals surface area (Å²) in [4.78, 5) is 12.5. The third-order valence-electron chi connectivity index (χ3n) is 4.31. The highest BCUT2D eigenvalue weighted by atomic mass is 35.5. The van der Waals surface area contributed by atoms with E-state index in [-0.39, 0.29) is 23.6 Å². The van der Waals surface area contributed by atoms with Crippen LogP contribution in [0.5, 0.6) is 0 Å². The van der Waals surface area contributed by atoms with E-state index in [0.717, 1.165) is 0 Å². The predicted octanol–water partition coefficient (Wildman–Crippen LogP) is 5.08. The van der Waals surface area contributed by atoms with Crippen molar-refractivity contribution in [3.63, 3.8) is 0 Å². The van der Waals surface area contributed by atoms with Gasteiger partial charge in [-0.25, -0.2) is 13.2 Å². The lowest BCUT2D eigenvalue weighted by Crippen LogP contribution is -2.31. The lowest BCUT2D eigenvalue weighted by atomic mass is 10.2. The monoisotopic (exact) mass is 441 g/mol. The number of halogens is 1. The molecule has 0 fully saturated rings. The van der Waals surface area contributed by atoms with Gasteiger partial charge in [0.05, 0.1) is 22.7 Å². The van der Waals surface area contributed by atoms with E-state index in [1.807, 2.05) is 0 Å². The molecule has 0 N–H and O–H groups in total. The number of nitrogens with zero attached hydrogens (tertiary/aromatic N) is 1. The molecule has 3 aromatic carbocycles. The fourth-order valence-corrected chi connectivity index (χ4v) is 4.48. The van der Waals surface area contributed by atoms with Gasteiger partial charge in [0.2, 0.25) is 0 Å². The van der Waals surface area contributed by atoms with Crippen molar-refractivity contribution in [3.05, 3.63) is 108 Å². The van der Waals surface area contributed by atoms with E-state index in [0.29, 0.717) is 16.3 Å². The number of carbonyl (C=O) groups is 1. The second-order valence-corrected chi connectivity index (χ2v) is 8.63. The zero-order valence-electron chi connectivity index (χ0n) is 16.1. The number of benzene rings is 3. The molecule has 0 amide bonds. The quantitative estimate of drug-likeness (QED) is 0.361. The van der Waals surface area contributed by atoms with Crippen molar-refractivity contribution in [1.29, 1.82) is 0 Å². The number of para-hydroxylation sites is 1. The number of ether oxygens (including phenoxy) is 1. The summed E-state index contributed by atoms with van der Waals surface area (Å²) in [6.45, 7) is 3.73. The van der Waals surface area contributed by atoms with E-state index in [2.05, 4.69) is 6.58 Å². The number of sulfonamides is 1. The summed E-state index contributed by atoms with van der Waals surface area (Å²) in [6.07, 6.45) is 1.51. The maximum absolute atomic E-state index is 13.2. The first-order valence-corrected chi connectivity index (χ1v) is 10.9. The van der Waals surface area contributed by atoms with Crippen LogP contribution in [0, 0.1) is 0 Å². The lowest BCUT2D eigenvalue weighted by Gasteiger charge is -2.23. The third-order valence-corrected chi connectivity index (χ3v) is 6.47. The van der Waals surface area contributed by atoms with Crippen LogP contribution in [-0.2, 0) is 21.4 Å². The van der Waals surface area contributed by atoms with Crippen molar-refractivity contribution in [2.24, 2.45) is 0 Å². The van der Waals surface area contributed by atoms with Crippen LogP contribution in [0.3, 0.4) is 0 Å². The molecule has 0 aliphatic rings. The van der Waals surface area contributed by atoms with E-state index in [1.165, 1.54) is 34.6 Å². The summed E-state index contributed by atoms with van der Waals surface area (Å²) >= 11 is 6.08. The van der Waals surface area contributed by atoms with Gasteiger partial charge in [-0.2, -0.15) is 0 Å². The molecule has 154 valence electrons. The zero-order chi connectivity index (χ0) is 21.6. The molecule has 0 aliphatic carbocycles. The minimum atomic E-state index is -3.91. The van der Waals surface area contributed by atoms with Crippen molar-refractivity contribution >= 4 is 33.3 Å². The number of carbonyl (C=O) groups excluding carboxylic acids is 1. The minimum absolute atomic E-state index is 0.0118. The Morgan fingerprint density at radius 1 is 1.00 bits per heavy atom. The molecule has 0 unspecified atom stereocenters. The van der Waals surface area contributed by atoms with Crippen molar-refractivity contribution < 1.29 is 17.9 Å². The zero-order valence-corrected chi connectivity index (χ0v) is 17.6. The van der Waals surface area contributed by atoms with Crippen LogP contribution in [0.25, 0.3) is 0 Å². The predicted molar refractivity (Wildman–Crippen MR) is 118 cm³/mol. The van der Waals surface area contributed by atoms with Crippen LogP contribution in [-0.4, -0.2) is 20.9 Å². The molecule has 30 heavy (non-hydrogen) atoms. The molecule has 3 aromatic rings. The number of rotatable bonds is 8. The normalized spacial score (nSPS) is 11.0. The van der Waals surface area contributed by atoms with E-state index in [9.17, 15) is 13.2 Å². The van der Waals surface area contributed by atoms with Gasteiger partial charge in [0.1, 0.15) is 6.61 Å². The van der Waals surface area contributed by atoms with Crippen LogP contribution in [0.15, 0.2) is 96.4 Å². The molecule has 0 radical (unpaired) electrons. The fraction of sp³-hybridized carbons (Fsp3) is 0.0870. The first-order valence-electron chi connectivity index (χ1n) is 9.13. The highest BCUT2D eigenvalue weighted by Crippen LogP contribution is 2.24. The van der Waals surface area contributed by atoms with Crippen LogP contribution in [0.4, 0.5) is 5.69 Å². The highest BCUT2D eigenvalue weighted by molar-refractivity contribution is 7.92. The van der Waals surface area contributed by atoms with Crippen molar-refractivity contribution in [2.45, 2.75) is 11.5 Å². The maximum Gasteiger partial charge on any atom is 0.338 e. The van der Waals surface area contributed by atoms with Crippen LogP contribution >= 0.6 is 11.6 Å². The maximum atomic E-state index is 13.2. The molecule has 5 nitrogen and oxygen atoms in total. The number of esters is 1. The minimum Gasteiger partial charge on any atom is -0.457 e. The van der Waals surface area contributed by atoms with Crippen LogP contribution < -0.4 is 4.31 Å². The van der Waals surface area contributed by atoms with Gasteiger partial charge in [-0.15, -0.1) is 6.58 Å². The summed E-state index contributed by atoms with van der Waals surface area (Å²) in [5.74, 6) is -0.637.